The standard InChI is InChI=1S/C19H17ClN2O3S/c1-3-24-16-9-7-13(8-10-16)18-21-22-19(25-18)26-12(2)17(23)14-5-4-6-15(20)11-14/h4-12H,3H2,1-2H3/t12-/m0/s1. The van der Waals surface area contributed by atoms with Crippen LogP contribution in [0.25, 0.3) is 11.5 Å². The molecule has 3 rings (SSSR count). The van der Waals surface area contributed by atoms with Crippen molar-refractivity contribution >= 4 is 29.1 Å². The molecule has 0 aliphatic rings. The predicted molar refractivity (Wildman–Crippen MR) is 102 cm³/mol. The van der Waals surface area contributed by atoms with Gasteiger partial charge in [0.25, 0.3) is 5.22 Å². The zero-order valence-electron chi connectivity index (χ0n) is 14.3. The summed E-state index contributed by atoms with van der Waals surface area (Å²) in [6, 6.07) is 14.3. The third-order valence-electron chi connectivity index (χ3n) is 3.57. The van der Waals surface area contributed by atoms with Gasteiger partial charge in [-0.15, -0.1) is 10.2 Å². The Hall–Kier alpha value is -2.31. The maximum absolute atomic E-state index is 12.5. The highest BCUT2D eigenvalue weighted by Gasteiger charge is 2.20. The molecule has 1 atom stereocenters. The number of nitrogens with zero attached hydrogens (tertiary/aromatic N) is 2. The first-order valence-electron chi connectivity index (χ1n) is 8.10. The number of rotatable bonds is 7. The average molecular weight is 389 g/mol. The maximum Gasteiger partial charge on any atom is 0.277 e. The third kappa shape index (κ3) is 4.45. The van der Waals surface area contributed by atoms with Gasteiger partial charge in [-0.05, 0) is 50.2 Å². The summed E-state index contributed by atoms with van der Waals surface area (Å²) in [4.78, 5) is 12.5. The molecule has 0 bridgehead atoms. The fourth-order valence-corrected chi connectivity index (χ4v) is 3.27. The van der Waals surface area contributed by atoms with Gasteiger partial charge in [0.1, 0.15) is 5.75 Å². The van der Waals surface area contributed by atoms with Gasteiger partial charge < -0.3 is 9.15 Å². The predicted octanol–water partition coefficient (Wildman–Crippen LogP) is 5.15. The second-order valence-electron chi connectivity index (χ2n) is 5.47. The molecule has 0 aliphatic carbocycles. The molecular weight excluding hydrogens is 372 g/mol. The first-order chi connectivity index (χ1) is 12.6. The van der Waals surface area contributed by atoms with Crippen LogP contribution in [0.2, 0.25) is 5.02 Å². The normalized spacial score (nSPS) is 12.0. The van der Waals surface area contributed by atoms with Crippen molar-refractivity contribution in [2.75, 3.05) is 6.61 Å². The number of thioether (sulfide) groups is 1. The molecule has 0 fully saturated rings. The van der Waals surface area contributed by atoms with Crippen molar-refractivity contribution in [3.8, 4) is 17.2 Å². The SMILES string of the molecule is CCOc1ccc(-c2nnc(S[C@@H](C)C(=O)c3cccc(Cl)c3)o2)cc1. The van der Waals surface area contributed by atoms with E-state index >= 15 is 0 Å². The van der Waals surface area contributed by atoms with Crippen molar-refractivity contribution in [3.05, 3.63) is 59.1 Å². The van der Waals surface area contributed by atoms with Crippen LogP contribution >= 0.6 is 23.4 Å². The van der Waals surface area contributed by atoms with Crippen molar-refractivity contribution in [1.29, 1.82) is 0 Å². The van der Waals surface area contributed by atoms with Gasteiger partial charge in [-0.3, -0.25) is 4.79 Å². The van der Waals surface area contributed by atoms with Crippen LogP contribution in [0.5, 0.6) is 5.75 Å². The van der Waals surface area contributed by atoms with Crippen LogP contribution in [0.15, 0.2) is 58.2 Å². The second kappa shape index (κ2) is 8.38. The summed E-state index contributed by atoms with van der Waals surface area (Å²) in [6.45, 7) is 4.34. The second-order valence-corrected chi connectivity index (χ2v) is 7.19. The lowest BCUT2D eigenvalue weighted by Gasteiger charge is -2.07. The van der Waals surface area contributed by atoms with Gasteiger partial charge in [0, 0.05) is 16.1 Å². The Kier molecular flexibility index (Phi) is 5.96. The van der Waals surface area contributed by atoms with Crippen LogP contribution in [0.1, 0.15) is 24.2 Å². The number of carbonyl (C=O) groups is 1. The van der Waals surface area contributed by atoms with Crippen LogP contribution in [-0.2, 0) is 0 Å². The van der Waals surface area contributed by atoms with E-state index in [4.69, 9.17) is 20.8 Å². The number of aromatic nitrogens is 2. The van der Waals surface area contributed by atoms with Gasteiger partial charge in [0.15, 0.2) is 5.78 Å². The molecule has 0 radical (unpaired) electrons. The van der Waals surface area contributed by atoms with E-state index in [1.54, 1.807) is 31.2 Å². The molecule has 0 saturated carbocycles. The van der Waals surface area contributed by atoms with E-state index in [1.165, 1.54) is 11.8 Å². The van der Waals surface area contributed by atoms with Crippen molar-refractivity contribution < 1.29 is 13.9 Å². The zero-order chi connectivity index (χ0) is 18.5. The van der Waals surface area contributed by atoms with Crippen LogP contribution in [-0.4, -0.2) is 27.8 Å². The van der Waals surface area contributed by atoms with E-state index in [0.29, 0.717) is 28.3 Å². The molecule has 2 aromatic carbocycles. The molecule has 3 aromatic rings. The van der Waals surface area contributed by atoms with E-state index in [2.05, 4.69) is 10.2 Å². The summed E-state index contributed by atoms with van der Waals surface area (Å²) in [5.74, 6) is 1.14. The van der Waals surface area contributed by atoms with Crippen LogP contribution in [0.4, 0.5) is 0 Å². The lowest BCUT2D eigenvalue weighted by Crippen LogP contribution is -2.13. The highest BCUT2D eigenvalue weighted by atomic mass is 35.5. The van der Waals surface area contributed by atoms with E-state index in [9.17, 15) is 4.79 Å². The molecule has 0 spiro atoms. The van der Waals surface area contributed by atoms with Crippen molar-refractivity contribution in [2.24, 2.45) is 0 Å². The Morgan fingerprint density at radius 1 is 1.23 bits per heavy atom. The molecule has 0 N–H and O–H groups in total. The number of ketones is 1. The summed E-state index contributed by atoms with van der Waals surface area (Å²) in [6.07, 6.45) is 0. The molecule has 1 heterocycles. The fraction of sp³-hybridized carbons (Fsp3) is 0.211. The van der Waals surface area contributed by atoms with Gasteiger partial charge >= 0.3 is 0 Å². The van der Waals surface area contributed by atoms with Crippen LogP contribution in [0.3, 0.4) is 0 Å². The minimum atomic E-state index is -0.373. The summed E-state index contributed by atoms with van der Waals surface area (Å²) in [5, 5.41) is 8.57. The summed E-state index contributed by atoms with van der Waals surface area (Å²) < 4.78 is 11.1. The van der Waals surface area contributed by atoms with E-state index in [0.717, 1.165) is 11.3 Å². The lowest BCUT2D eigenvalue weighted by molar-refractivity contribution is 0.0993. The minimum Gasteiger partial charge on any atom is -0.494 e. The number of carbonyl (C=O) groups excluding carboxylic acids is 1. The number of Topliss-reactive ketones (excluding diaryl/α,β-unsaturated/α-hetero) is 1. The van der Waals surface area contributed by atoms with E-state index < -0.39 is 0 Å². The Balaban J connectivity index is 1.68. The molecule has 134 valence electrons. The van der Waals surface area contributed by atoms with Gasteiger partial charge in [-0.1, -0.05) is 35.5 Å². The fourth-order valence-electron chi connectivity index (χ4n) is 2.32. The molecule has 0 amide bonds. The minimum absolute atomic E-state index is 0.0432. The monoisotopic (exact) mass is 388 g/mol. The molecule has 26 heavy (non-hydrogen) atoms. The van der Waals surface area contributed by atoms with Crippen molar-refractivity contribution in [2.45, 2.75) is 24.3 Å². The van der Waals surface area contributed by atoms with Gasteiger partial charge in [0.2, 0.25) is 5.89 Å². The number of hydrogen-bond donors (Lipinski definition) is 0. The molecule has 0 aliphatic heterocycles. The van der Waals surface area contributed by atoms with Crippen LogP contribution < -0.4 is 4.74 Å². The quantitative estimate of drug-likeness (QED) is 0.412. The highest BCUT2D eigenvalue weighted by Crippen LogP contribution is 2.29. The number of ether oxygens (including phenoxy) is 1. The average Bonchev–Trinajstić information content (AvgIpc) is 3.10. The van der Waals surface area contributed by atoms with Gasteiger partial charge in [-0.25, -0.2) is 0 Å². The topological polar surface area (TPSA) is 65.2 Å². The van der Waals surface area contributed by atoms with Gasteiger partial charge in [-0.2, -0.15) is 0 Å². The highest BCUT2D eigenvalue weighted by molar-refractivity contribution is 8.00. The first-order valence-corrected chi connectivity index (χ1v) is 9.35. The Morgan fingerprint density at radius 3 is 2.69 bits per heavy atom. The summed E-state index contributed by atoms with van der Waals surface area (Å²) in [7, 11) is 0. The number of benzene rings is 2. The van der Waals surface area contributed by atoms with E-state index in [1.807, 2.05) is 31.2 Å². The summed E-state index contributed by atoms with van der Waals surface area (Å²) in [5.41, 5.74) is 1.35. The maximum atomic E-state index is 12.5. The molecule has 0 saturated heterocycles. The molecule has 5 nitrogen and oxygen atoms in total. The van der Waals surface area contributed by atoms with E-state index in [-0.39, 0.29) is 11.0 Å². The van der Waals surface area contributed by atoms with Crippen LogP contribution in [0, 0.1) is 0 Å². The smallest absolute Gasteiger partial charge is 0.277 e. The van der Waals surface area contributed by atoms with Gasteiger partial charge in [0.05, 0.1) is 11.9 Å². The molecule has 7 heteroatoms. The number of halogens is 1. The van der Waals surface area contributed by atoms with Crippen molar-refractivity contribution in [3.63, 3.8) is 0 Å². The number of hydrogen-bond acceptors (Lipinski definition) is 6. The molecule has 1 aromatic heterocycles. The largest absolute Gasteiger partial charge is 0.494 e. The molecule has 0 unspecified atom stereocenters. The van der Waals surface area contributed by atoms with Crippen molar-refractivity contribution in [1.82, 2.24) is 10.2 Å². The lowest BCUT2D eigenvalue weighted by atomic mass is 10.1. The Bertz CT molecular complexity index is 896. The molecular formula is C19H17ClN2O3S. The first kappa shape index (κ1) is 18.5. The third-order valence-corrected chi connectivity index (χ3v) is 4.74. The zero-order valence-corrected chi connectivity index (χ0v) is 15.9. The Morgan fingerprint density at radius 2 is 2.00 bits per heavy atom. The summed E-state index contributed by atoms with van der Waals surface area (Å²) >= 11 is 7.17. The Labute approximate surface area is 160 Å².